The molecule has 1 atom stereocenters. The molecule has 1 aliphatic heterocycles. The van der Waals surface area contributed by atoms with Gasteiger partial charge in [-0.05, 0) is 51.5 Å². The van der Waals surface area contributed by atoms with Crippen molar-refractivity contribution in [1.82, 2.24) is 14.2 Å². The van der Waals surface area contributed by atoms with E-state index in [2.05, 4.69) is 29.2 Å². The van der Waals surface area contributed by atoms with Crippen LogP contribution < -0.4 is 11.2 Å². The Morgan fingerprint density at radius 2 is 2.07 bits per heavy atom. The lowest BCUT2D eigenvalue weighted by atomic mass is 10.0. The van der Waals surface area contributed by atoms with Gasteiger partial charge in [0.2, 0.25) is 5.90 Å². The summed E-state index contributed by atoms with van der Waals surface area (Å²) in [5, 5.41) is 0. The first-order chi connectivity index (χ1) is 12.7. The zero-order valence-electron chi connectivity index (χ0n) is 16.0. The van der Waals surface area contributed by atoms with Crippen LogP contribution in [-0.2, 0) is 4.74 Å². The van der Waals surface area contributed by atoms with Gasteiger partial charge in [-0.15, -0.1) is 0 Å². The average molecular weight is 370 g/mol. The van der Waals surface area contributed by atoms with E-state index in [0.717, 1.165) is 22.5 Å². The van der Waals surface area contributed by atoms with E-state index in [4.69, 9.17) is 10.5 Å². The summed E-state index contributed by atoms with van der Waals surface area (Å²) in [4.78, 5) is 8.80. The first kappa shape index (κ1) is 17.5. The third-order valence-electron chi connectivity index (χ3n) is 4.72. The normalized spacial score (nSPS) is 19.2. The summed E-state index contributed by atoms with van der Waals surface area (Å²) in [5.74, 6) is -0.159. The number of ether oxygens (including phenoxy) is 1. The fraction of sp³-hybridized carbons (Fsp3) is 0.368. The smallest absolute Gasteiger partial charge is 0.239 e. The van der Waals surface area contributed by atoms with E-state index in [1.807, 2.05) is 29.8 Å². The Labute approximate surface area is 156 Å². The second-order valence-electron chi connectivity index (χ2n) is 7.28. The number of aromatic nitrogens is 3. The maximum atomic E-state index is 14.8. The zero-order chi connectivity index (χ0) is 19.5. The highest BCUT2D eigenvalue weighted by molar-refractivity contribution is 6.01. The summed E-state index contributed by atoms with van der Waals surface area (Å²) < 4.78 is 24.1. The lowest BCUT2D eigenvalue weighted by Crippen LogP contribution is -2.51. The molecule has 0 bridgehead atoms. The molecular formula is C19H23FN6O. The summed E-state index contributed by atoms with van der Waals surface area (Å²) in [6, 6.07) is 5.52. The van der Waals surface area contributed by atoms with E-state index in [0.29, 0.717) is 17.1 Å². The number of hydrogen-bond donors (Lipinski definition) is 2. The van der Waals surface area contributed by atoms with Crippen molar-refractivity contribution in [1.29, 1.82) is 0 Å². The van der Waals surface area contributed by atoms with Crippen LogP contribution in [0.2, 0.25) is 0 Å². The van der Waals surface area contributed by atoms with E-state index >= 15 is 0 Å². The molecule has 1 unspecified atom stereocenters. The van der Waals surface area contributed by atoms with Gasteiger partial charge in [0.15, 0.2) is 11.6 Å². The van der Waals surface area contributed by atoms with Gasteiger partial charge in [-0.3, -0.25) is 15.8 Å². The van der Waals surface area contributed by atoms with Crippen LogP contribution in [0.4, 0.5) is 4.39 Å². The van der Waals surface area contributed by atoms with Crippen molar-refractivity contribution in [3.63, 3.8) is 0 Å². The minimum absolute atomic E-state index is 0.170. The Morgan fingerprint density at radius 3 is 2.74 bits per heavy atom. The van der Waals surface area contributed by atoms with Gasteiger partial charge in [-0.25, -0.2) is 14.4 Å². The largest absolute Gasteiger partial charge is 0.480 e. The first-order valence-electron chi connectivity index (χ1n) is 8.83. The molecule has 27 heavy (non-hydrogen) atoms. The maximum absolute atomic E-state index is 14.8. The van der Waals surface area contributed by atoms with Gasteiger partial charge in [0.05, 0.1) is 12.6 Å². The predicted molar refractivity (Wildman–Crippen MR) is 104 cm³/mol. The fourth-order valence-electron chi connectivity index (χ4n) is 3.73. The second-order valence-corrected chi connectivity index (χ2v) is 7.28. The van der Waals surface area contributed by atoms with E-state index in [1.54, 1.807) is 18.7 Å². The molecule has 0 spiro atoms. The number of aliphatic imine (C=N–C) groups is 1. The highest BCUT2D eigenvalue weighted by Crippen LogP contribution is 2.33. The molecule has 3 aromatic rings. The van der Waals surface area contributed by atoms with Crippen LogP contribution in [0, 0.1) is 12.7 Å². The minimum atomic E-state index is -0.989. The highest BCUT2D eigenvalue weighted by Gasteiger charge is 2.30. The molecule has 0 amide bonds. The van der Waals surface area contributed by atoms with Crippen molar-refractivity contribution in [3.8, 4) is 11.1 Å². The van der Waals surface area contributed by atoms with E-state index in [1.165, 1.54) is 6.07 Å². The minimum Gasteiger partial charge on any atom is -0.480 e. The van der Waals surface area contributed by atoms with E-state index in [-0.39, 0.29) is 11.9 Å². The molecule has 3 N–H and O–H groups in total. The number of imidazole rings is 1. The maximum Gasteiger partial charge on any atom is 0.239 e. The van der Waals surface area contributed by atoms with Crippen molar-refractivity contribution in [2.24, 2.45) is 10.7 Å². The number of methoxy groups -OCH3 is 1. The fourth-order valence-corrected chi connectivity index (χ4v) is 3.73. The second kappa shape index (κ2) is 5.82. The van der Waals surface area contributed by atoms with Crippen LogP contribution >= 0.6 is 0 Å². The number of hydrogen-bond acceptors (Lipinski definition) is 5. The van der Waals surface area contributed by atoms with Gasteiger partial charge in [0.1, 0.15) is 17.0 Å². The Kier molecular flexibility index (Phi) is 3.78. The Hall–Kier alpha value is -2.87. The van der Waals surface area contributed by atoms with E-state index in [9.17, 15) is 4.39 Å². The van der Waals surface area contributed by atoms with Crippen LogP contribution in [0.25, 0.3) is 22.2 Å². The van der Waals surface area contributed by atoms with Crippen molar-refractivity contribution < 1.29 is 9.13 Å². The number of rotatable bonds is 2. The summed E-state index contributed by atoms with van der Waals surface area (Å²) in [6.07, 6.45) is 1.83. The molecule has 3 heterocycles. The monoisotopic (exact) mass is 370 g/mol. The van der Waals surface area contributed by atoms with Crippen LogP contribution in [0.5, 0.6) is 0 Å². The number of halogens is 1. The molecule has 1 aliphatic rings. The summed E-state index contributed by atoms with van der Waals surface area (Å²) in [5.41, 5.74) is 12.6. The number of fused-ring (bicyclic) bond motifs is 2. The molecule has 0 fully saturated rings. The van der Waals surface area contributed by atoms with Crippen LogP contribution in [0.15, 0.2) is 29.4 Å². The quantitative estimate of drug-likeness (QED) is 0.726. The SMILES string of the molecule is COC1=NC(C)(N)Nn2ccc(-c3cc(F)c4nc(C)n(C(C)C)c4c3)c21. The predicted octanol–water partition coefficient (Wildman–Crippen LogP) is 3.12. The molecule has 142 valence electrons. The molecule has 0 saturated heterocycles. The Bertz CT molecular complexity index is 1080. The van der Waals surface area contributed by atoms with Crippen LogP contribution in [0.3, 0.4) is 0 Å². The zero-order valence-corrected chi connectivity index (χ0v) is 16.0. The summed E-state index contributed by atoms with van der Waals surface area (Å²) in [7, 11) is 1.54. The molecular weight excluding hydrogens is 347 g/mol. The van der Waals surface area contributed by atoms with Gasteiger partial charge in [-0.2, -0.15) is 0 Å². The van der Waals surface area contributed by atoms with Crippen LogP contribution in [-0.4, -0.2) is 33.0 Å². The van der Waals surface area contributed by atoms with Crippen molar-refractivity contribution >= 4 is 16.9 Å². The number of aryl methyl sites for hydroxylation is 1. The number of nitrogens with two attached hydrogens (primary N) is 1. The van der Waals surface area contributed by atoms with E-state index < -0.39 is 5.79 Å². The van der Waals surface area contributed by atoms with Crippen molar-refractivity contribution in [2.75, 3.05) is 12.5 Å². The lowest BCUT2D eigenvalue weighted by molar-refractivity contribution is 0.372. The molecule has 0 saturated carbocycles. The number of nitrogens with one attached hydrogen (secondary N) is 1. The molecule has 4 rings (SSSR count). The third kappa shape index (κ3) is 2.68. The third-order valence-corrected chi connectivity index (χ3v) is 4.72. The number of nitrogens with zero attached hydrogens (tertiary/aromatic N) is 4. The molecule has 7 nitrogen and oxygen atoms in total. The highest BCUT2D eigenvalue weighted by atomic mass is 19.1. The molecule has 8 heteroatoms. The van der Waals surface area contributed by atoms with Crippen molar-refractivity contribution in [3.05, 3.63) is 41.7 Å². The average Bonchev–Trinajstić information content (AvgIpc) is 3.13. The lowest BCUT2D eigenvalue weighted by Gasteiger charge is -2.30. The Balaban J connectivity index is 1.95. The van der Waals surface area contributed by atoms with Gasteiger partial charge < -0.3 is 9.30 Å². The summed E-state index contributed by atoms with van der Waals surface area (Å²) >= 11 is 0. The van der Waals surface area contributed by atoms with Gasteiger partial charge in [0.25, 0.3) is 0 Å². The topological polar surface area (TPSA) is 82.4 Å². The molecule has 0 aliphatic carbocycles. The molecule has 0 radical (unpaired) electrons. The molecule has 1 aromatic carbocycles. The van der Waals surface area contributed by atoms with Crippen LogP contribution in [0.1, 0.15) is 38.3 Å². The number of benzene rings is 1. The standard InChI is InChI=1S/C19H23FN6O/c1-10(2)26-11(3)22-16-14(20)8-12(9-15(16)26)13-6-7-25-17(13)18(27-5)23-19(4,21)24-25/h6-10,24H,21H2,1-5H3. The van der Waals surface area contributed by atoms with Gasteiger partial charge in [0, 0.05) is 17.8 Å². The van der Waals surface area contributed by atoms with Crippen molar-refractivity contribution in [2.45, 2.75) is 39.5 Å². The first-order valence-corrected chi connectivity index (χ1v) is 8.83. The van der Waals surface area contributed by atoms with Gasteiger partial charge in [-0.1, -0.05) is 0 Å². The van der Waals surface area contributed by atoms with Gasteiger partial charge >= 0.3 is 0 Å². The molecule has 2 aromatic heterocycles. The Morgan fingerprint density at radius 1 is 1.33 bits per heavy atom. The summed E-state index contributed by atoms with van der Waals surface area (Å²) in [6.45, 7) is 7.74.